The van der Waals surface area contributed by atoms with E-state index in [-0.39, 0.29) is 5.91 Å². The highest BCUT2D eigenvalue weighted by Gasteiger charge is 2.05. The number of para-hydroxylation sites is 1. The quantitative estimate of drug-likeness (QED) is 0.380. The number of fused-ring (bicyclic) bond motifs is 1. The fourth-order valence-corrected chi connectivity index (χ4v) is 2.84. The maximum atomic E-state index is 12.3. The van der Waals surface area contributed by atoms with E-state index in [1.165, 1.54) is 0 Å². The predicted molar refractivity (Wildman–Crippen MR) is 112 cm³/mol. The predicted octanol–water partition coefficient (Wildman–Crippen LogP) is 5.40. The van der Waals surface area contributed by atoms with Gasteiger partial charge >= 0.3 is 0 Å². The molecule has 0 aliphatic rings. The zero-order valence-corrected chi connectivity index (χ0v) is 15.1. The maximum absolute atomic E-state index is 12.3. The number of hydrazone groups is 1. The Kier molecular flexibility index (Phi) is 5.11. The van der Waals surface area contributed by atoms with E-state index in [0.717, 1.165) is 22.1 Å². The third-order valence-corrected chi connectivity index (χ3v) is 4.23. The highest BCUT2D eigenvalue weighted by Crippen LogP contribution is 2.21. The number of benzene rings is 4. The van der Waals surface area contributed by atoms with Crippen LogP contribution < -0.4 is 10.2 Å². The van der Waals surface area contributed by atoms with Crippen LogP contribution in [-0.4, -0.2) is 12.1 Å². The fourth-order valence-electron chi connectivity index (χ4n) is 2.84. The number of carbonyl (C=O) groups excluding carboxylic acids is 1. The first-order chi connectivity index (χ1) is 13.8. The van der Waals surface area contributed by atoms with Gasteiger partial charge < -0.3 is 4.74 Å². The molecule has 1 amide bonds. The average Bonchev–Trinajstić information content (AvgIpc) is 2.74. The second kappa shape index (κ2) is 8.18. The second-order valence-electron chi connectivity index (χ2n) is 6.25. The van der Waals surface area contributed by atoms with Gasteiger partial charge in [0, 0.05) is 5.56 Å². The van der Waals surface area contributed by atoms with Crippen molar-refractivity contribution in [2.75, 3.05) is 0 Å². The summed E-state index contributed by atoms with van der Waals surface area (Å²) in [7, 11) is 0. The van der Waals surface area contributed by atoms with Crippen LogP contribution in [0.1, 0.15) is 15.9 Å². The summed E-state index contributed by atoms with van der Waals surface area (Å²) >= 11 is 0. The standard InChI is InChI=1S/C24H18N2O2/c27-24(21-14-13-19-8-4-5-9-20(19)16-21)26-25-17-18-7-6-12-23(15-18)28-22-10-2-1-3-11-22/h1-17H,(H,26,27)/b25-17+. The highest BCUT2D eigenvalue weighted by molar-refractivity contribution is 5.99. The van der Waals surface area contributed by atoms with Crippen LogP contribution in [0, 0.1) is 0 Å². The zero-order chi connectivity index (χ0) is 19.2. The fraction of sp³-hybridized carbons (Fsp3) is 0. The van der Waals surface area contributed by atoms with Crippen molar-refractivity contribution in [1.29, 1.82) is 0 Å². The summed E-state index contributed by atoms with van der Waals surface area (Å²) in [4.78, 5) is 12.3. The molecule has 0 aromatic heterocycles. The van der Waals surface area contributed by atoms with E-state index in [9.17, 15) is 4.79 Å². The van der Waals surface area contributed by atoms with Gasteiger partial charge in [-0.25, -0.2) is 5.43 Å². The number of nitrogens with one attached hydrogen (secondary N) is 1. The molecule has 0 heterocycles. The Hall–Kier alpha value is -3.92. The van der Waals surface area contributed by atoms with Crippen LogP contribution in [0.3, 0.4) is 0 Å². The van der Waals surface area contributed by atoms with Gasteiger partial charge in [0.15, 0.2) is 0 Å². The molecule has 0 spiro atoms. The van der Waals surface area contributed by atoms with Crippen molar-refractivity contribution in [1.82, 2.24) is 5.43 Å². The van der Waals surface area contributed by atoms with Crippen molar-refractivity contribution < 1.29 is 9.53 Å². The highest BCUT2D eigenvalue weighted by atomic mass is 16.5. The van der Waals surface area contributed by atoms with Crippen LogP contribution in [-0.2, 0) is 0 Å². The van der Waals surface area contributed by atoms with Crippen molar-refractivity contribution in [3.63, 3.8) is 0 Å². The van der Waals surface area contributed by atoms with Crippen molar-refractivity contribution >= 4 is 22.9 Å². The van der Waals surface area contributed by atoms with Gasteiger partial charge in [-0.05, 0) is 52.7 Å². The molecule has 0 aliphatic carbocycles. The smallest absolute Gasteiger partial charge is 0.271 e. The van der Waals surface area contributed by atoms with E-state index < -0.39 is 0 Å². The topological polar surface area (TPSA) is 50.7 Å². The van der Waals surface area contributed by atoms with E-state index in [0.29, 0.717) is 11.3 Å². The Balaban J connectivity index is 1.42. The Labute approximate surface area is 163 Å². The maximum Gasteiger partial charge on any atom is 0.271 e. The van der Waals surface area contributed by atoms with E-state index in [1.807, 2.05) is 91.0 Å². The molecule has 0 radical (unpaired) electrons. The van der Waals surface area contributed by atoms with Crippen molar-refractivity contribution in [2.24, 2.45) is 5.10 Å². The molecule has 4 heteroatoms. The molecule has 0 aliphatic heterocycles. The third-order valence-electron chi connectivity index (χ3n) is 4.23. The molecule has 4 rings (SSSR count). The van der Waals surface area contributed by atoms with Crippen LogP contribution in [0.15, 0.2) is 102 Å². The monoisotopic (exact) mass is 366 g/mol. The number of nitrogens with zero attached hydrogens (tertiary/aromatic N) is 1. The Bertz CT molecular complexity index is 1140. The molecule has 1 N–H and O–H groups in total. The molecule has 4 aromatic rings. The van der Waals surface area contributed by atoms with Crippen LogP contribution in [0.25, 0.3) is 10.8 Å². The number of carbonyl (C=O) groups is 1. The largest absolute Gasteiger partial charge is 0.457 e. The van der Waals surface area contributed by atoms with Gasteiger partial charge in [-0.2, -0.15) is 5.10 Å². The number of ether oxygens (including phenoxy) is 1. The van der Waals surface area contributed by atoms with Crippen LogP contribution >= 0.6 is 0 Å². The lowest BCUT2D eigenvalue weighted by atomic mass is 10.1. The van der Waals surface area contributed by atoms with Crippen LogP contribution in [0.2, 0.25) is 0 Å². The van der Waals surface area contributed by atoms with E-state index >= 15 is 0 Å². The molecule has 0 unspecified atom stereocenters. The first-order valence-corrected chi connectivity index (χ1v) is 8.93. The van der Waals surface area contributed by atoms with Crippen molar-refractivity contribution in [2.45, 2.75) is 0 Å². The summed E-state index contributed by atoms with van der Waals surface area (Å²) in [6.07, 6.45) is 1.59. The average molecular weight is 366 g/mol. The lowest BCUT2D eigenvalue weighted by molar-refractivity contribution is 0.0955. The van der Waals surface area contributed by atoms with Crippen molar-refractivity contribution in [3.8, 4) is 11.5 Å². The summed E-state index contributed by atoms with van der Waals surface area (Å²) in [5.41, 5.74) is 3.96. The van der Waals surface area contributed by atoms with E-state index in [2.05, 4.69) is 10.5 Å². The van der Waals surface area contributed by atoms with Gasteiger partial charge in [0.05, 0.1) is 6.21 Å². The summed E-state index contributed by atoms with van der Waals surface area (Å²) in [5, 5.41) is 6.18. The van der Waals surface area contributed by atoms with Crippen molar-refractivity contribution in [3.05, 3.63) is 108 Å². The van der Waals surface area contributed by atoms with Gasteiger partial charge in [-0.3, -0.25) is 4.79 Å². The SMILES string of the molecule is O=C(N/N=C/c1cccc(Oc2ccccc2)c1)c1ccc2ccccc2c1. The number of hydrogen-bond acceptors (Lipinski definition) is 3. The summed E-state index contributed by atoms with van der Waals surface area (Å²) in [5.74, 6) is 1.22. The number of hydrogen-bond donors (Lipinski definition) is 1. The lowest BCUT2D eigenvalue weighted by Crippen LogP contribution is -2.17. The molecule has 28 heavy (non-hydrogen) atoms. The van der Waals surface area contributed by atoms with E-state index in [1.54, 1.807) is 12.3 Å². The minimum absolute atomic E-state index is 0.251. The molecule has 0 saturated heterocycles. The lowest BCUT2D eigenvalue weighted by Gasteiger charge is -2.06. The zero-order valence-electron chi connectivity index (χ0n) is 15.1. The third kappa shape index (κ3) is 4.24. The Morgan fingerprint density at radius 1 is 0.750 bits per heavy atom. The number of rotatable bonds is 5. The molecule has 0 atom stereocenters. The molecule has 4 aromatic carbocycles. The van der Waals surface area contributed by atoms with Gasteiger partial charge in [0.25, 0.3) is 5.91 Å². The molecular formula is C24H18N2O2. The van der Waals surface area contributed by atoms with Gasteiger partial charge in [0.2, 0.25) is 0 Å². The minimum atomic E-state index is -0.251. The molecular weight excluding hydrogens is 348 g/mol. The molecule has 0 saturated carbocycles. The first kappa shape index (κ1) is 17.5. The van der Waals surface area contributed by atoms with Gasteiger partial charge in [0.1, 0.15) is 11.5 Å². The number of amides is 1. The van der Waals surface area contributed by atoms with Gasteiger partial charge in [-0.15, -0.1) is 0 Å². The summed E-state index contributed by atoms with van der Waals surface area (Å²) in [6, 6.07) is 30.6. The minimum Gasteiger partial charge on any atom is -0.457 e. The molecule has 136 valence electrons. The molecule has 0 fully saturated rings. The first-order valence-electron chi connectivity index (χ1n) is 8.93. The second-order valence-corrected chi connectivity index (χ2v) is 6.25. The molecule has 0 bridgehead atoms. The summed E-state index contributed by atoms with van der Waals surface area (Å²) < 4.78 is 5.81. The Morgan fingerprint density at radius 2 is 1.50 bits per heavy atom. The van der Waals surface area contributed by atoms with Crippen LogP contribution in [0.5, 0.6) is 11.5 Å². The van der Waals surface area contributed by atoms with E-state index in [4.69, 9.17) is 4.74 Å². The van der Waals surface area contributed by atoms with Crippen LogP contribution in [0.4, 0.5) is 0 Å². The molecule has 4 nitrogen and oxygen atoms in total. The van der Waals surface area contributed by atoms with Gasteiger partial charge in [-0.1, -0.05) is 60.7 Å². The normalized spacial score (nSPS) is 10.9. The Morgan fingerprint density at radius 3 is 2.36 bits per heavy atom. The summed E-state index contributed by atoms with van der Waals surface area (Å²) in [6.45, 7) is 0.